The number of aromatic carboxylic acids is 1. The molecule has 0 spiro atoms. The molecule has 21 heavy (non-hydrogen) atoms. The number of rotatable bonds is 5. The third-order valence-corrected chi connectivity index (χ3v) is 4.80. The van der Waals surface area contributed by atoms with E-state index in [0.717, 1.165) is 15.9 Å². The lowest BCUT2D eigenvalue weighted by Crippen LogP contribution is -2.26. The minimum absolute atomic E-state index is 0.0474. The smallest absolute Gasteiger partial charge is 0.352 e. The first kappa shape index (κ1) is 15.2. The summed E-state index contributed by atoms with van der Waals surface area (Å²) in [5.41, 5.74) is 0.668. The second-order valence-corrected chi connectivity index (χ2v) is 6.64. The lowest BCUT2D eigenvalue weighted by atomic mass is 10.3. The van der Waals surface area contributed by atoms with Gasteiger partial charge in [0.05, 0.1) is 0 Å². The van der Waals surface area contributed by atoms with Gasteiger partial charge in [-0.3, -0.25) is 4.98 Å². The van der Waals surface area contributed by atoms with Crippen molar-refractivity contribution in [2.45, 2.75) is 11.4 Å². The summed E-state index contributed by atoms with van der Waals surface area (Å²) in [4.78, 5) is 14.9. The molecule has 2 heterocycles. The number of sulfonamides is 1. The Balaban J connectivity index is 2.29. The SMILES string of the molecule is CN(Cc1cccnc1)S(=O)(=O)c1cc(C(=O)O)n(C)c1. The fraction of sp³-hybridized carbons (Fsp3) is 0.231. The average Bonchev–Trinajstić information content (AvgIpc) is 2.82. The van der Waals surface area contributed by atoms with Crippen LogP contribution in [0.3, 0.4) is 0 Å². The van der Waals surface area contributed by atoms with E-state index in [1.807, 2.05) is 0 Å². The number of aryl methyl sites for hydroxylation is 1. The number of hydrogen-bond acceptors (Lipinski definition) is 4. The van der Waals surface area contributed by atoms with Gasteiger partial charge in [-0.25, -0.2) is 13.2 Å². The average molecular weight is 309 g/mol. The van der Waals surface area contributed by atoms with E-state index in [2.05, 4.69) is 4.98 Å². The van der Waals surface area contributed by atoms with Crippen LogP contribution in [0.25, 0.3) is 0 Å². The molecule has 7 nitrogen and oxygen atoms in total. The lowest BCUT2D eigenvalue weighted by molar-refractivity contribution is 0.0686. The molecular formula is C13H15N3O4S. The van der Waals surface area contributed by atoms with Gasteiger partial charge in [0.25, 0.3) is 0 Å². The molecule has 0 bridgehead atoms. The summed E-state index contributed by atoms with van der Waals surface area (Å²) in [6.45, 7) is 0.160. The van der Waals surface area contributed by atoms with Gasteiger partial charge < -0.3 is 9.67 Å². The minimum atomic E-state index is -3.75. The van der Waals surface area contributed by atoms with Gasteiger partial charge in [0.2, 0.25) is 10.0 Å². The molecule has 112 valence electrons. The van der Waals surface area contributed by atoms with E-state index in [0.29, 0.717) is 0 Å². The summed E-state index contributed by atoms with van der Waals surface area (Å²) in [6, 6.07) is 4.64. The van der Waals surface area contributed by atoms with Crippen molar-refractivity contribution in [1.82, 2.24) is 13.9 Å². The van der Waals surface area contributed by atoms with Crippen LogP contribution in [0, 0.1) is 0 Å². The molecule has 0 aliphatic heterocycles. The highest BCUT2D eigenvalue weighted by Gasteiger charge is 2.24. The van der Waals surface area contributed by atoms with Crippen LogP contribution < -0.4 is 0 Å². The molecule has 2 rings (SSSR count). The van der Waals surface area contributed by atoms with Crippen LogP contribution in [0.15, 0.2) is 41.7 Å². The standard InChI is InChI=1S/C13H15N3O4S/c1-15-9-11(6-12(15)13(17)18)21(19,20)16(2)8-10-4-3-5-14-7-10/h3-7,9H,8H2,1-2H3,(H,17,18). The molecule has 0 aliphatic carbocycles. The maximum atomic E-state index is 12.4. The zero-order chi connectivity index (χ0) is 15.6. The summed E-state index contributed by atoms with van der Waals surface area (Å²) in [6.07, 6.45) is 4.48. The van der Waals surface area contributed by atoms with Crippen molar-refractivity contribution >= 4 is 16.0 Å². The molecule has 1 N–H and O–H groups in total. The number of nitrogens with zero attached hydrogens (tertiary/aromatic N) is 3. The van der Waals surface area contributed by atoms with Crippen molar-refractivity contribution in [3.05, 3.63) is 48.0 Å². The van der Waals surface area contributed by atoms with E-state index in [1.165, 1.54) is 24.9 Å². The van der Waals surface area contributed by atoms with Crippen LogP contribution in [0.1, 0.15) is 16.1 Å². The maximum absolute atomic E-state index is 12.4. The van der Waals surface area contributed by atoms with Crippen molar-refractivity contribution < 1.29 is 18.3 Å². The zero-order valence-corrected chi connectivity index (χ0v) is 12.4. The van der Waals surface area contributed by atoms with Crippen molar-refractivity contribution in [2.75, 3.05) is 7.05 Å². The second kappa shape index (κ2) is 5.66. The van der Waals surface area contributed by atoms with Gasteiger partial charge in [-0.15, -0.1) is 0 Å². The monoisotopic (exact) mass is 309 g/mol. The molecule has 0 aromatic carbocycles. The Kier molecular flexibility index (Phi) is 4.10. The number of carboxylic acid groups (broad SMARTS) is 1. The quantitative estimate of drug-likeness (QED) is 0.887. The fourth-order valence-electron chi connectivity index (χ4n) is 1.90. The zero-order valence-electron chi connectivity index (χ0n) is 11.6. The van der Waals surface area contributed by atoms with Gasteiger partial charge >= 0.3 is 5.97 Å². The van der Waals surface area contributed by atoms with Crippen LogP contribution in [-0.2, 0) is 23.6 Å². The Morgan fingerprint density at radius 1 is 1.48 bits per heavy atom. The number of pyridine rings is 1. The summed E-state index contributed by atoms with van der Waals surface area (Å²) < 4.78 is 27.3. The van der Waals surface area contributed by atoms with Gasteiger partial charge in [0, 0.05) is 39.2 Å². The van der Waals surface area contributed by atoms with Crippen LogP contribution in [0.2, 0.25) is 0 Å². The molecule has 8 heteroatoms. The largest absolute Gasteiger partial charge is 0.477 e. The van der Waals surface area contributed by atoms with Crippen LogP contribution >= 0.6 is 0 Å². The molecule has 0 radical (unpaired) electrons. The molecule has 0 unspecified atom stereocenters. The van der Waals surface area contributed by atoms with E-state index in [9.17, 15) is 13.2 Å². The van der Waals surface area contributed by atoms with E-state index in [1.54, 1.807) is 24.5 Å². The fourth-order valence-corrected chi connectivity index (χ4v) is 3.13. The Bertz CT molecular complexity index is 753. The van der Waals surface area contributed by atoms with E-state index in [-0.39, 0.29) is 17.1 Å². The van der Waals surface area contributed by atoms with Gasteiger partial charge in [-0.1, -0.05) is 6.07 Å². The molecule has 2 aromatic heterocycles. The third-order valence-electron chi connectivity index (χ3n) is 3.04. The highest BCUT2D eigenvalue weighted by molar-refractivity contribution is 7.89. The molecular weight excluding hydrogens is 294 g/mol. The minimum Gasteiger partial charge on any atom is -0.477 e. The summed E-state index contributed by atoms with van der Waals surface area (Å²) in [7, 11) is -0.821. The van der Waals surface area contributed by atoms with E-state index >= 15 is 0 Å². The van der Waals surface area contributed by atoms with Gasteiger partial charge in [0.15, 0.2) is 0 Å². The summed E-state index contributed by atoms with van der Waals surface area (Å²) in [5.74, 6) is -1.17. The van der Waals surface area contributed by atoms with Gasteiger partial charge in [-0.2, -0.15) is 4.31 Å². The molecule has 0 amide bonds. The van der Waals surface area contributed by atoms with Crippen molar-refractivity contribution in [3.8, 4) is 0 Å². The Hall–Kier alpha value is -2.19. The number of carbonyl (C=O) groups is 1. The second-order valence-electron chi connectivity index (χ2n) is 4.60. The number of hydrogen-bond donors (Lipinski definition) is 1. The molecule has 2 aromatic rings. The first-order valence-electron chi connectivity index (χ1n) is 6.07. The summed E-state index contributed by atoms with van der Waals surface area (Å²) >= 11 is 0. The van der Waals surface area contributed by atoms with Gasteiger partial charge in [-0.05, 0) is 17.7 Å². The molecule has 0 aliphatic rings. The normalized spacial score (nSPS) is 11.8. The van der Waals surface area contributed by atoms with Crippen molar-refractivity contribution in [2.24, 2.45) is 7.05 Å². The highest BCUT2D eigenvalue weighted by Crippen LogP contribution is 2.19. The number of carboxylic acids is 1. The van der Waals surface area contributed by atoms with Crippen molar-refractivity contribution in [3.63, 3.8) is 0 Å². The molecule has 0 fully saturated rings. The summed E-state index contributed by atoms with van der Waals surface area (Å²) in [5, 5.41) is 8.98. The molecule has 0 saturated heterocycles. The van der Waals surface area contributed by atoms with E-state index in [4.69, 9.17) is 5.11 Å². The molecule has 0 saturated carbocycles. The van der Waals surface area contributed by atoms with Crippen molar-refractivity contribution in [1.29, 1.82) is 0 Å². The van der Waals surface area contributed by atoms with Crippen LogP contribution in [-0.4, -0.2) is 40.4 Å². The topological polar surface area (TPSA) is 92.5 Å². The Morgan fingerprint density at radius 3 is 2.71 bits per heavy atom. The first-order valence-corrected chi connectivity index (χ1v) is 7.51. The maximum Gasteiger partial charge on any atom is 0.352 e. The van der Waals surface area contributed by atoms with Gasteiger partial charge in [0.1, 0.15) is 10.6 Å². The predicted octanol–water partition coefficient (Wildman–Crippen LogP) is 0.939. The molecule has 0 atom stereocenters. The number of aromatic nitrogens is 2. The third kappa shape index (κ3) is 3.11. The lowest BCUT2D eigenvalue weighted by Gasteiger charge is -2.15. The Labute approximate surface area is 122 Å². The predicted molar refractivity (Wildman–Crippen MR) is 75.3 cm³/mol. The first-order chi connectivity index (χ1) is 9.82. The highest BCUT2D eigenvalue weighted by atomic mass is 32.2. The Morgan fingerprint density at radius 2 is 2.19 bits per heavy atom. The van der Waals surface area contributed by atoms with Crippen LogP contribution in [0.5, 0.6) is 0 Å². The van der Waals surface area contributed by atoms with E-state index < -0.39 is 16.0 Å². The van der Waals surface area contributed by atoms with Crippen LogP contribution in [0.4, 0.5) is 0 Å².